The molecule has 3 N–H and O–H groups in total. The number of piperidine rings is 1. The molecule has 3 nitrogen and oxygen atoms in total. The summed E-state index contributed by atoms with van der Waals surface area (Å²) in [6.45, 7) is 8.77. The van der Waals surface area contributed by atoms with Gasteiger partial charge in [-0.05, 0) is 51.4 Å². The fraction of sp³-hybridized carbons (Fsp3) is 0.647. The average molecular weight is 275 g/mol. The second kappa shape index (κ2) is 7.21. The molecule has 1 aromatic carbocycles. The van der Waals surface area contributed by atoms with Gasteiger partial charge < -0.3 is 16.0 Å². The number of likely N-dealkylation sites (tertiary alicyclic amines) is 1. The van der Waals surface area contributed by atoms with E-state index in [2.05, 4.69) is 54.4 Å². The van der Waals surface area contributed by atoms with E-state index in [1.54, 1.807) is 0 Å². The quantitative estimate of drug-likeness (QED) is 0.838. The van der Waals surface area contributed by atoms with Crippen molar-refractivity contribution >= 4 is 0 Å². The highest BCUT2D eigenvalue weighted by atomic mass is 15.2. The molecule has 1 aliphatic rings. The van der Waals surface area contributed by atoms with Crippen LogP contribution in [0.3, 0.4) is 0 Å². The van der Waals surface area contributed by atoms with Crippen LogP contribution in [0.25, 0.3) is 0 Å². The van der Waals surface area contributed by atoms with Gasteiger partial charge in [0.1, 0.15) is 0 Å². The molecule has 0 radical (unpaired) electrons. The first-order valence-corrected chi connectivity index (χ1v) is 7.94. The predicted molar refractivity (Wildman–Crippen MR) is 85.7 cm³/mol. The topological polar surface area (TPSA) is 41.3 Å². The lowest BCUT2D eigenvalue weighted by Crippen LogP contribution is -2.58. The molecule has 1 heterocycles. The van der Waals surface area contributed by atoms with Gasteiger partial charge in [-0.3, -0.25) is 0 Å². The molecule has 2 rings (SSSR count). The zero-order chi connectivity index (χ0) is 14.4. The largest absolute Gasteiger partial charge is 0.329 e. The summed E-state index contributed by atoms with van der Waals surface area (Å²) in [5.41, 5.74) is 7.56. The fourth-order valence-corrected chi connectivity index (χ4v) is 3.21. The Morgan fingerprint density at radius 3 is 2.45 bits per heavy atom. The Morgan fingerprint density at radius 2 is 1.90 bits per heavy atom. The van der Waals surface area contributed by atoms with E-state index in [9.17, 15) is 0 Å². The molecule has 0 spiro atoms. The highest BCUT2D eigenvalue weighted by molar-refractivity contribution is 5.19. The summed E-state index contributed by atoms with van der Waals surface area (Å²) in [5.74, 6) is 0. The first kappa shape index (κ1) is 15.5. The Labute approximate surface area is 123 Å². The second-order valence-electron chi connectivity index (χ2n) is 6.10. The van der Waals surface area contributed by atoms with E-state index in [0.717, 1.165) is 19.4 Å². The number of hydrogen-bond donors (Lipinski definition) is 2. The molecule has 0 bridgehead atoms. The molecule has 0 saturated carbocycles. The van der Waals surface area contributed by atoms with Crippen LogP contribution in [0.4, 0.5) is 0 Å². The maximum Gasteiger partial charge on any atom is 0.0333 e. The maximum absolute atomic E-state index is 6.10. The third-order valence-electron chi connectivity index (χ3n) is 4.57. The molecule has 1 aromatic rings. The first-order chi connectivity index (χ1) is 9.69. The smallest absolute Gasteiger partial charge is 0.0333 e. The lowest BCUT2D eigenvalue weighted by Gasteiger charge is -2.43. The van der Waals surface area contributed by atoms with Gasteiger partial charge in [0.25, 0.3) is 0 Å². The van der Waals surface area contributed by atoms with Gasteiger partial charge in [-0.25, -0.2) is 0 Å². The molecule has 20 heavy (non-hydrogen) atoms. The van der Waals surface area contributed by atoms with E-state index < -0.39 is 0 Å². The van der Waals surface area contributed by atoms with Gasteiger partial charge in [0.15, 0.2) is 0 Å². The monoisotopic (exact) mass is 275 g/mol. The molecule has 1 saturated heterocycles. The molecule has 1 fully saturated rings. The summed E-state index contributed by atoms with van der Waals surface area (Å²) in [6, 6.07) is 11.0. The van der Waals surface area contributed by atoms with E-state index in [-0.39, 0.29) is 5.54 Å². The minimum Gasteiger partial charge on any atom is -0.329 e. The first-order valence-electron chi connectivity index (χ1n) is 7.94. The minimum absolute atomic E-state index is 0.111. The molecule has 112 valence electrons. The lowest BCUT2D eigenvalue weighted by atomic mass is 9.86. The Hall–Kier alpha value is -0.900. The molecule has 0 aromatic heterocycles. The van der Waals surface area contributed by atoms with Gasteiger partial charge in [-0.1, -0.05) is 37.3 Å². The Morgan fingerprint density at radius 1 is 1.25 bits per heavy atom. The average Bonchev–Trinajstić information content (AvgIpc) is 2.50. The van der Waals surface area contributed by atoms with Gasteiger partial charge in [-0.15, -0.1) is 0 Å². The fourth-order valence-electron chi connectivity index (χ4n) is 3.21. The highest BCUT2D eigenvalue weighted by Crippen LogP contribution is 2.25. The number of hydrogen-bond acceptors (Lipinski definition) is 3. The summed E-state index contributed by atoms with van der Waals surface area (Å²) in [4.78, 5) is 2.56. The summed E-state index contributed by atoms with van der Waals surface area (Å²) in [6.07, 6.45) is 3.55. The van der Waals surface area contributed by atoms with Crippen LogP contribution >= 0.6 is 0 Å². The Balaban J connectivity index is 1.95. The van der Waals surface area contributed by atoms with Gasteiger partial charge >= 0.3 is 0 Å². The summed E-state index contributed by atoms with van der Waals surface area (Å²) < 4.78 is 0. The van der Waals surface area contributed by atoms with E-state index in [4.69, 9.17) is 5.73 Å². The number of nitrogens with one attached hydrogen (secondary N) is 1. The minimum atomic E-state index is 0.111. The van der Waals surface area contributed by atoms with Crippen LogP contribution in [-0.2, 0) is 0 Å². The predicted octanol–water partition coefficient (Wildman–Crippen LogP) is 2.54. The molecular weight excluding hydrogens is 246 g/mol. The van der Waals surface area contributed by atoms with Crippen molar-refractivity contribution in [3.63, 3.8) is 0 Å². The number of benzene rings is 1. The standard InChI is InChI=1S/C17H29N3/c1-3-11-20-12-9-17(14-18,10-13-20)19-15(2)16-7-5-4-6-8-16/h4-8,15,19H,3,9-14,18H2,1-2H3. The number of nitrogens with two attached hydrogens (primary N) is 1. The van der Waals surface area contributed by atoms with Crippen LogP contribution in [0.1, 0.15) is 44.7 Å². The van der Waals surface area contributed by atoms with Gasteiger partial charge in [0.2, 0.25) is 0 Å². The lowest BCUT2D eigenvalue weighted by molar-refractivity contribution is 0.130. The molecule has 1 atom stereocenters. The van der Waals surface area contributed by atoms with E-state index in [0.29, 0.717) is 6.04 Å². The van der Waals surface area contributed by atoms with Crippen LogP contribution in [0, 0.1) is 0 Å². The summed E-state index contributed by atoms with van der Waals surface area (Å²) in [7, 11) is 0. The van der Waals surface area contributed by atoms with E-state index in [1.165, 1.54) is 31.6 Å². The molecule has 3 heteroatoms. The molecular formula is C17H29N3. The van der Waals surface area contributed by atoms with Crippen LogP contribution in [0.2, 0.25) is 0 Å². The van der Waals surface area contributed by atoms with Crippen LogP contribution < -0.4 is 11.1 Å². The zero-order valence-electron chi connectivity index (χ0n) is 12.9. The summed E-state index contributed by atoms with van der Waals surface area (Å²) in [5, 5.41) is 3.81. The normalized spacial score (nSPS) is 20.8. The SMILES string of the molecule is CCCN1CCC(CN)(NC(C)c2ccccc2)CC1. The zero-order valence-corrected chi connectivity index (χ0v) is 12.9. The Kier molecular flexibility index (Phi) is 5.58. The van der Waals surface area contributed by atoms with Crippen molar-refractivity contribution in [1.82, 2.24) is 10.2 Å². The second-order valence-corrected chi connectivity index (χ2v) is 6.10. The molecule has 0 amide bonds. The van der Waals surface area contributed by atoms with Crippen molar-refractivity contribution in [2.24, 2.45) is 5.73 Å². The number of rotatable bonds is 6. The van der Waals surface area contributed by atoms with Gasteiger partial charge in [-0.2, -0.15) is 0 Å². The van der Waals surface area contributed by atoms with Crippen molar-refractivity contribution in [3.05, 3.63) is 35.9 Å². The van der Waals surface area contributed by atoms with Crippen molar-refractivity contribution in [2.75, 3.05) is 26.2 Å². The van der Waals surface area contributed by atoms with Crippen molar-refractivity contribution < 1.29 is 0 Å². The van der Waals surface area contributed by atoms with Crippen LogP contribution in [0.5, 0.6) is 0 Å². The third kappa shape index (κ3) is 3.81. The maximum atomic E-state index is 6.10. The molecule has 1 unspecified atom stereocenters. The van der Waals surface area contributed by atoms with E-state index in [1.807, 2.05) is 0 Å². The third-order valence-corrected chi connectivity index (χ3v) is 4.57. The van der Waals surface area contributed by atoms with Gasteiger partial charge in [0.05, 0.1) is 0 Å². The van der Waals surface area contributed by atoms with E-state index >= 15 is 0 Å². The van der Waals surface area contributed by atoms with Gasteiger partial charge in [0, 0.05) is 18.1 Å². The van der Waals surface area contributed by atoms with Crippen LogP contribution in [-0.4, -0.2) is 36.6 Å². The van der Waals surface area contributed by atoms with Crippen molar-refractivity contribution in [2.45, 2.75) is 44.7 Å². The molecule has 1 aliphatic heterocycles. The van der Waals surface area contributed by atoms with Crippen LogP contribution in [0.15, 0.2) is 30.3 Å². The van der Waals surface area contributed by atoms with Crippen molar-refractivity contribution in [3.8, 4) is 0 Å². The number of nitrogens with zero attached hydrogens (tertiary/aromatic N) is 1. The Bertz CT molecular complexity index is 382. The highest BCUT2D eigenvalue weighted by Gasteiger charge is 2.34. The molecule has 0 aliphatic carbocycles. The van der Waals surface area contributed by atoms with Crippen molar-refractivity contribution in [1.29, 1.82) is 0 Å². The summed E-state index contributed by atoms with van der Waals surface area (Å²) >= 11 is 0.